The van der Waals surface area contributed by atoms with Crippen LogP contribution in [0.15, 0.2) is 24.4 Å². The van der Waals surface area contributed by atoms with Gasteiger partial charge in [-0.15, -0.1) is 0 Å². The van der Waals surface area contributed by atoms with Crippen molar-refractivity contribution in [1.29, 1.82) is 0 Å². The number of aromatic nitrogens is 1. The van der Waals surface area contributed by atoms with Crippen LogP contribution < -0.4 is 5.32 Å². The van der Waals surface area contributed by atoms with Gasteiger partial charge in [0.1, 0.15) is 0 Å². The highest BCUT2D eigenvalue weighted by molar-refractivity contribution is 5.82. The highest BCUT2D eigenvalue weighted by atomic mass is 16.2. The Hall–Kier alpha value is -1.42. The van der Waals surface area contributed by atoms with E-state index in [1.54, 1.807) is 6.20 Å². The van der Waals surface area contributed by atoms with Gasteiger partial charge in [-0.2, -0.15) is 0 Å². The molecular formula is C14H19N3O. The summed E-state index contributed by atoms with van der Waals surface area (Å²) in [5.74, 6) is 0.264. The predicted octanol–water partition coefficient (Wildman–Crippen LogP) is 1.32. The molecule has 1 aliphatic carbocycles. The Morgan fingerprint density at radius 1 is 1.39 bits per heavy atom. The Kier molecular flexibility index (Phi) is 3.28. The van der Waals surface area contributed by atoms with Crippen LogP contribution in [0.4, 0.5) is 0 Å². The van der Waals surface area contributed by atoms with E-state index in [1.807, 2.05) is 23.1 Å². The minimum atomic E-state index is 0.0364. The second-order valence-corrected chi connectivity index (χ2v) is 5.17. The van der Waals surface area contributed by atoms with Gasteiger partial charge in [-0.1, -0.05) is 6.07 Å². The predicted molar refractivity (Wildman–Crippen MR) is 68.8 cm³/mol. The Morgan fingerprint density at radius 2 is 2.28 bits per heavy atom. The van der Waals surface area contributed by atoms with Gasteiger partial charge >= 0.3 is 0 Å². The molecule has 1 aromatic heterocycles. The zero-order chi connectivity index (χ0) is 12.4. The van der Waals surface area contributed by atoms with Gasteiger partial charge in [0.25, 0.3) is 0 Å². The van der Waals surface area contributed by atoms with Crippen molar-refractivity contribution in [3.63, 3.8) is 0 Å². The first-order chi connectivity index (χ1) is 8.84. The molecule has 0 unspecified atom stereocenters. The lowest BCUT2D eigenvalue weighted by Gasteiger charge is -2.25. The lowest BCUT2D eigenvalue weighted by molar-refractivity contribution is -0.134. The summed E-state index contributed by atoms with van der Waals surface area (Å²) in [5.41, 5.74) is 0.982. The topological polar surface area (TPSA) is 45.2 Å². The number of rotatable bonds is 4. The number of nitrogens with one attached hydrogen (secondary N) is 1. The average molecular weight is 245 g/mol. The van der Waals surface area contributed by atoms with Gasteiger partial charge in [-0.3, -0.25) is 9.78 Å². The monoisotopic (exact) mass is 245 g/mol. The van der Waals surface area contributed by atoms with Crippen LogP contribution in [0.1, 0.15) is 31.4 Å². The maximum absolute atomic E-state index is 12.5. The molecule has 2 heterocycles. The number of carbonyl (C=O) groups is 1. The van der Waals surface area contributed by atoms with E-state index in [-0.39, 0.29) is 11.9 Å². The van der Waals surface area contributed by atoms with E-state index in [9.17, 15) is 4.79 Å². The number of nitrogens with zero attached hydrogens (tertiary/aromatic N) is 2. The summed E-state index contributed by atoms with van der Waals surface area (Å²) >= 11 is 0. The van der Waals surface area contributed by atoms with Crippen molar-refractivity contribution in [1.82, 2.24) is 15.2 Å². The number of carbonyl (C=O) groups excluding carboxylic acids is 1. The van der Waals surface area contributed by atoms with E-state index in [4.69, 9.17) is 0 Å². The lowest BCUT2D eigenvalue weighted by Crippen LogP contribution is -2.44. The quantitative estimate of drug-likeness (QED) is 0.870. The van der Waals surface area contributed by atoms with Gasteiger partial charge in [0.2, 0.25) is 5.91 Å². The van der Waals surface area contributed by atoms with Gasteiger partial charge in [0.05, 0.1) is 18.3 Å². The Morgan fingerprint density at radius 3 is 2.89 bits per heavy atom. The molecule has 0 spiro atoms. The first-order valence-electron chi connectivity index (χ1n) is 6.78. The van der Waals surface area contributed by atoms with E-state index in [1.165, 1.54) is 0 Å². The van der Waals surface area contributed by atoms with Crippen molar-refractivity contribution in [3.05, 3.63) is 30.1 Å². The molecule has 18 heavy (non-hydrogen) atoms. The van der Waals surface area contributed by atoms with E-state index in [0.29, 0.717) is 12.6 Å². The summed E-state index contributed by atoms with van der Waals surface area (Å²) in [7, 11) is 0. The molecule has 1 saturated carbocycles. The third-order valence-corrected chi connectivity index (χ3v) is 3.69. The third-order valence-electron chi connectivity index (χ3n) is 3.69. The van der Waals surface area contributed by atoms with Crippen LogP contribution >= 0.6 is 0 Å². The van der Waals surface area contributed by atoms with Crippen molar-refractivity contribution < 1.29 is 4.79 Å². The average Bonchev–Trinajstić information content (AvgIpc) is 3.10. The molecule has 96 valence electrons. The van der Waals surface area contributed by atoms with Gasteiger partial charge in [-0.25, -0.2) is 0 Å². The molecular weight excluding hydrogens is 226 g/mol. The fourth-order valence-corrected chi connectivity index (χ4v) is 2.53. The molecule has 0 bridgehead atoms. The van der Waals surface area contributed by atoms with Gasteiger partial charge < -0.3 is 10.2 Å². The Bertz CT molecular complexity index is 410. The van der Waals surface area contributed by atoms with Crippen LogP contribution in [0.5, 0.6) is 0 Å². The summed E-state index contributed by atoms with van der Waals surface area (Å²) < 4.78 is 0. The number of hydrogen-bond acceptors (Lipinski definition) is 3. The van der Waals surface area contributed by atoms with Crippen molar-refractivity contribution >= 4 is 5.91 Å². The molecule has 0 radical (unpaired) electrons. The van der Waals surface area contributed by atoms with E-state index in [2.05, 4.69) is 10.3 Å². The smallest absolute Gasteiger partial charge is 0.240 e. The highest BCUT2D eigenvalue weighted by Gasteiger charge is 2.36. The van der Waals surface area contributed by atoms with Crippen molar-refractivity contribution in [2.45, 2.75) is 44.3 Å². The SMILES string of the molecule is O=C([C@@H]1CCCN1)N(Cc1ccccn1)C1CC1. The molecule has 0 aromatic carbocycles. The lowest BCUT2D eigenvalue weighted by atomic mass is 10.2. The van der Waals surface area contributed by atoms with Gasteiger partial charge in [0, 0.05) is 12.2 Å². The third kappa shape index (κ3) is 2.53. The fourth-order valence-electron chi connectivity index (χ4n) is 2.53. The Balaban J connectivity index is 1.70. The van der Waals surface area contributed by atoms with Crippen LogP contribution in [0.25, 0.3) is 0 Å². The summed E-state index contributed by atoms with van der Waals surface area (Å²) in [6.45, 7) is 1.63. The summed E-state index contributed by atoms with van der Waals surface area (Å²) in [4.78, 5) is 18.8. The summed E-state index contributed by atoms with van der Waals surface area (Å²) in [6, 6.07) is 6.36. The number of amides is 1. The normalized spacial score (nSPS) is 23.0. The van der Waals surface area contributed by atoms with Crippen molar-refractivity contribution in [2.75, 3.05) is 6.54 Å². The maximum atomic E-state index is 12.5. The molecule has 4 heteroatoms. The van der Waals surface area contributed by atoms with Crippen LogP contribution in [0.3, 0.4) is 0 Å². The number of pyridine rings is 1. The first kappa shape index (κ1) is 11.7. The molecule has 1 amide bonds. The van der Waals surface area contributed by atoms with Crippen LogP contribution in [-0.4, -0.2) is 34.4 Å². The second kappa shape index (κ2) is 5.06. The minimum Gasteiger partial charge on any atom is -0.332 e. The fraction of sp³-hybridized carbons (Fsp3) is 0.571. The van der Waals surface area contributed by atoms with Gasteiger partial charge in [0.15, 0.2) is 0 Å². The largest absolute Gasteiger partial charge is 0.332 e. The van der Waals surface area contributed by atoms with Crippen LogP contribution in [0, 0.1) is 0 Å². The summed E-state index contributed by atoms with van der Waals surface area (Å²) in [6.07, 6.45) is 6.16. The molecule has 1 atom stereocenters. The standard InChI is InChI=1S/C14H19N3O/c18-14(13-5-3-9-16-13)17(12-6-7-12)10-11-4-1-2-8-15-11/h1-2,4,8,12-13,16H,3,5-7,9-10H2/t13-/m0/s1. The molecule has 1 aliphatic heterocycles. The Labute approximate surface area is 107 Å². The molecule has 1 saturated heterocycles. The maximum Gasteiger partial charge on any atom is 0.240 e. The molecule has 1 aromatic rings. The zero-order valence-electron chi connectivity index (χ0n) is 10.5. The van der Waals surface area contributed by atoms with Crippen LogP contribution in [0.2, 0.25) is 0 Å². The van der Waals surface area contributed by atoms with E-state index >= 15 is 0 Å². The zero-order valence-corrected chi connectivity index (χ0v) is 10.5. The van der Waals surface area contributed by atoms with Gasteiger partial charge in [-0.05, 0) is 44.4 Å². The summed E-state index contributed by atoms with van der Waals surface area (Å²) in [5, 5.41) is 3.29. The molecule has 2 aliphatic rings. The molecule has 1 N–H and O–H groups in total. The molecule has 2 fully saturated rings. The molecule has 3 rings (SSSR count). The number of hydrogen-bond donors (Lipinski definition) is 1. The minimum absolute atomic E-state index is 0.0364. The van der Waals surface area contributed by atoms with Crippen molar-refractivity contribution in [3.8, 4) is 0 Å². The second-order valence-electron chi connectivity index (χ2n) is 5.17. The van der Waals surface area contributed by atoms with E-state index < -0.39 is 0 Å². The first-order valence-corrected chi connectivity index (χ1v) is 6.78. The van der Waals surface area contributed by atoms with E-state index in [0.717, 1.165) is 37.9 Å². The van der Waals surface area contributed by atoms with Crippen molar-refractivity contribution in [2.24, 2.45) is 0 Å². The highest BCUT2D eigenvalue weighted by Crippen LogP contribution is 2.29. The molecule has 4 nitrogen and oxygen atoms in total. The van der Waals surface area contributed by atoms with Crippen LogP contribution in [-0.2, 0) is 11.3 Å².